The van der Waals surface area contributed by atoms with E-state index >= 15 is 0 Å². The summed E-state index contributed by atoms with van der Waals surface area (Å²) in [4.78, 5) is 4.13. The predicted octanol–water partition coefficient (Wildman–Crippen LogP) is 3.11. The first-order valence-corrected chi connectivity index (χ1v) is 6.39. The number of nitrogens with zero attached hydrogens (tertiary/aromatic N) is 1. The van der Waals surface area contributed by atoms with E-state index in [0.717, 1.165) is 6.21 Å². The number of hydrogen-bond acceptors (Lipinski definition) is 5. The van der Waals surface area contributed by atoms with Crippen molar-refractivity contribution in [1.29, 1.82) is 5.41 Å². The van der Waals surface area contributed by atoms with Crippen LogP contribution in [0.3, 0.4) is 0 Å². The molecule has 1 aromatic heterocycles. The summed E-state index contributed by atoms with van der Waals surface area (Å²) in [5, 5.41) is 29.6. The first-order chi connectivity index (χ1) is 9.69. The number of hydrogen-bond donors (Lipinski definition) is 4. The Hall–Kier alpha value is -2.56. The van der Waals surface area contributed by atoms with Gasteiger partial charge in [0.2, 0.25) is 0 Å². The van der Waals surface area contributed by atoms with Gasteiger partial charge in [0.25, 0.3) is 0 Å². The van der Waals surface area contributed by atoms with E-state index in [0.29, 0.717) is 29.1 Å². The van der Waals surface area contributed by atoms with Crippen molar-refractivity contribution in [2.75, 3.05) is 6.54 Å². The van der Waals surface area contributed by atoms with Gasteiger partial charge in [-0.25, -0.2) is 0 Å². The van der Waals surface area contributed by atoms with Crippen molar-refractivity contribution in [3.63, 3.8) is 0 Å². The summed E-state index contributed by atoms with van der Waals surface area (Å²) >= 11 is 0. The van der Waals surface area contributed by atoms with E-state index in [9.17, 15) is 10.2 Å². The molecule has 5 heteroatoms. The summed E-state index contributed by atoms with van der Waals surface area (Å²) in [5.41, 5.74) is 1.26. The molecule has 0 aliphatic carbocycles. The second-order valence-electron chi connectivity index (χ2n) is 5.42. The molecule has 4 N–H and O–H groups in total. The number of rotatable bonds is 7. The van der Waals surface area contributed by atoms with Gasteiger partial charge in [0.05, 0.1) is 11.5 Å². The SMILES string of the molecule is C=C(C=N)c1cnc(C(=C)NCC(C)(C)C(=C)O)c(O)c1. The third-order valence-corrected chi connectivity index (χ3v) is 3.22. The standard InChI is InChI=1S/C16H21N3O2/c1-10(7-17)13-6-14(21)15(18-8-13)11(2)19-9-16(4,5)12(3)20/h6-8,17,19-21H,1-3,9H2,4-5H3. The molecular weight excluding hydrogens is 266 g/mol. The Morgan fingerprint density at radius 3 is 2.52 bits per heavy atom. The molecule has 5 nitrogen and oxygen atoms in total. The molecular formula is C16H21N3O2. The molecule has 1 aromatic rings. The maximum absolute atomic E-state index is 10.00. The maximum atomic E-state index is 10.00. The van der Waals surface area contributed by atoms with Crippen LogP contribution in [0.5, 0.6) is 5.75 Å². The summed E-state index contributed by atoms with van der Waals surface area (Å²) in [5.74, 6) is 0.0197. The van der Waals surface area contributed by atoms with Crippen LogP contribution in [0, 0.1) is 10.8 Å². The van der Waals surface area contributed by atoms with Crippen LogP contribution < -0.4 is 5.32 Å². The lowest BCUT2D eigenvalue weighted by Crippen LogP contribution is -2.29. The molecule has 0 bridgehead atoms. The molecule has 0 fully saturated rings. The number of aromatic hydroxyl groups is 1. The fourth-order valence-electron chi connectivity index (χ4n) is 1.46. The lowest BCUT2D eigenvalue weighted by Gasteiger charge is -2.24. The molecule has 0 saturated heterocycles. The van der Waals surface area contributed by atoms with E-state index in [2.05, 4.69) is 30.0 Å². The molecule has 112 valence electrons. The second-order valence-corrected chi connectivity index (χ2v) is 5.42. The van der Waals surface area contributed by atoms with Gasteiger partial charge in [-0.2, -0.15) is 0 Å². The van der Waals surface area contributed by atoms with Gasteiger partial charge < -0.3 is 20.9 Å². The second kappa shape index (κ2) is 6.26. The lowest BCUT2D eigenvalue weighted by atomic mass is 9.91. The monoisotopic (exact) mass is 287 g/mol. The zero-order valence-corrected chi connectivity index (χ0v) is 12.4. The summed E-state index contributed by atoms with van der Waals surface area (Å²) in [7, 11) is 0. The van der Waals surface area contributed by atoms with Crippen molar-refractivity contribution >= 4 is 17.5 Å². The molecule has 1 heterocycles. The van der Waals surface area contributed by atoms with Crippen LogP contribution in [0.2, 0.25) is 0 Å². The number of aliphatic hydroxyl groups excluding tert-OH is 1. The normalized spacial score (nSPS) is 10.8. The van der Waals surface area contributed by atoms with Gasteiger partial charge in [-0.3, -0.25) is 4.98 Å². The van der Waals surface area contributed by atoms with Gasteiger partial charge in [0, 0.05) is 29.9 Å². The minimum atomic E-state index is -0.521. The molecule has 0 unspecified atom stereocenters. The summed E-state index contributed by atoms with van der Waals surface area (Å²) in [6, 6.07) is 1.48. The van der Waals surface area contributed by atoms with E-state index in [4.69, 9.17) is 5.41 Å². The number of aliphatic hydroxyl groups is 1. The first kappa shape index (κ1) is 16.5. The Morgan fingerprint density at radius 2 is 2.05 bits per heavy atom. The highest BCUT2D eigenvalue weighted by Gasteiger charge is 2.22. The molecule has 0 aliphatic heterocycles. The first-order valence-electron chi connectivity index (χ1n) is 6.39. The van der Waals surface area contributed by atoms with Crippen molar-refractivity contribution in [2.24, 2.45) is 5.41 Å². The van der Waals surface area contributed by atoms with Crippen LogP contribution in [0.15, 0.2) is 37.8 Å². The van der Waals surface area contributed by atoms with Gasteiger partial charge in [-0.15, -0.1) is 0 Å². The van der Waals surface area contributed by atoms with Crippen molar-refractivity contribution < 1.29 is 10.2 Å². The van der Waals surface area contributed by atoms with Crippen molar-refractivity contribution in [2.45, 2.75) is 13.8 Å². The van der Waals surface area contributed by atoms with E-state index in [1.807, 2.05) is 13.8 Å². The molecule has 0 aliphatic rings. The quantitative estimate of drug-likeness (QED) is 0.458. The van der Waals surface area contributed by atoms with Gasteiger partial charge in [0.15, 0.2) is 0 Å². The van der Waals surface area contributed by atoms with Crippen LogP contribution in [0.4, 0.5) is 0 Å². The molecule has 0 saturated carbocycles. The Morgan fingerprint density at radius 1 is 1.43 bits per heavy atom. The molecule has 0 spiro atoms. The van der Waals surface area contributed by atoms with Gasteiger partial charge in [-0.1, -0.05) is 33.6 Å². The molecule has 0 radical (unpaired) electrons. The average Bonchev–Trinajstić information content (AvgIpc) is 2.43. The van der Waals surface area contributed by atoms with Gasteiger partial charge in [0.1, 0.15) is 11.4 Å². The summed E-state index contributed by atoms with van der Waals surface area (Å²) in [6.07, 6.45) is 2.62. The Labute approximate surface area is 124 Å². The fraction of sp³-hybridized carbons (Fsp3) is 0.250. The van der Waals surface area contributed by atoms with Crippen molar-refractivity contribution in [3.05, 3.63) is 49.0 Å². The van der Waals surface area contributed by atoms with Crippen molar-refractivity contribution in [3.8, 4) is 5.75 Å². The Balaban J connectivity index is 2.87. The number of nitrogens with one attached hydrogen (secondary N) is 2. The summed E-state index contributed by atoms with van der Waals surface area (Å²) < 4.78 is 0. The van der Waals surface area contributed by atoms with Crippen LogP contribution in [-0.2, 0) is 0 Å². The highest BCUT2D eigenvalue weighted by Crippen LogP contribution is 2.26. The third kappa shape index (κ3) is 3.95. The van der Waals surface area contributed by atoms with E-state index in [1.165, 1.54) is 12.3 Å². The molecule has 0 aromatic carbocycles. The fourth-order valence-corrected chi connectivity index (χ4v) is 1.46. The highest BCUT2D eigenvalue weighted by atomic mass is 16.3. The molecule has 21 heavy (non-hydrogen) atoms. The average molecular weight is 287 g/mol. The number of aromatic nitrogens is 1. The molecule has 0 atom stereocenters. The topological polar surface area (TPSA) is 89.2 Å². The zero-order valence-electron chi connectivity index (χ0n) is 12.4. The van der Waals surface area contributed by atoms with E-state index in [-0.39, 0.29) is 11.5 Å². The molecule has 1 rings (SSSR count). The Kier molecular flexibility index (Phi) is 4.92. The smallest absolute Gasteiger partial charge is 0.143 e. The van der Waals surface area contributed by atoms with Crippen molar-refractivity contribution in [1.82, 2.24) is 10.3 Å². The largest absolute Gasteiger partial charge is 0.512 e. The molecule has 0 amide bonds. The highest BCUT2D eigenvalue weighted by molar-refractivity contribution is 6.07. The van der Waals surface area contributed by atoms with E-state index < -0.39 is 5.41 Å². The maximum Gasteiger partial charge on any atom is 0.143 e. The van der Waals surface area contributed by atoms with Crippen LogP contribution in [0.1, 0.15) is 25.1 Å². The third-order valence-electron chi connectivity index (χ3n) is 3.22. The number of allylic oxidation sites excluding steroid dienone is 1. The van der Waals surface area contributed by atoms with Gasteiger partial charge >= 0.3 is 0 Å². The number of pyridine rings is 1. The van der Waals surface area contributed by atoms with Crippen LogP contribution >= 0.6 is 0 Å². The summed E-state index contributed by atoms with van der Waals surface area (Å²) in [6.45, 7) is 15.1. The lowest BCUT2D eigenvalue weighted by molar-refractivity contribution is 0.259. The minimum Gasteiger partial charge on any atom is -0.512 e. The van der Waals surface area contributed by atoms with Gasteiger partial charge in [-0.05, 0) is 11.6 Å². The van der Waals surface area contributed by atoms with Crippen LogP contribution in [0.25, 0.3) is 11.3 Å². The van der Waals surface area contributed by atoms with E-state index in [1.54, 1.807) is 0 Å². The zero-order chi connectivity index (χ0) is 16.2. The Bertz CT molecular complexity index is 604. The minimum absolute atomic E-state index is 0.0476. The predicted molar refractivity (Wildman–Crippen MR) is 86.3 cm³/mol. The van der Waals surface area contributed by atoms with Crippen LogP contribution in [-0.4, -0.2) is 28.0 Å².